The number of carboxylic acid groups (broad SMARTS) is 1. The molecule has 1 aliphatic heterocycles. The summed E-state index contributed by atoms with van der Waals surface area (Å²) >= 11 is 0. The summed E-state index contributed by atoms with van der Waals surface area (Å²) in [5, 5.41) is 11.2. The summed E-state index contributed by atoms with van der Waals surface area (Å²) in [7, 11) is 0. The minimum absolute atomic E-state index is 0.137. The molecule has 0 atom stereocenters. The number of imide groups is 2. The van der Waals surface area contributed by atoms with Crippen LogP contribution < -0.4 is 10.2 Å². The molecular weight excluding hydrogens is 388 g/mol. The summed E-state index contributed by atoms with van der Waals surface area (Å²) in [6.45, 7) is 0. The molecule has 30 heavy (non-hydrogen) atoms. The molecule has 0 unspecified atom stereocenters. The highest BCUT2D eigenvalue weighted by molar-refractivity contribution is 6.39. The lowest BCUT2D eigenvalue weighted by atomic mass is 10.1. The Labute approximate surface area is 169 Å². The molecule has 3 heterocycles. The Morgan fingerprint density at radius 2 is 1.77 bits per heavy atom. The van der Waals surface area contributed by atoms with Crippen molar-refractivity contribution in [3.63, 3.8) is 0 Å². The van der Waals surface area contributed by atoms with E-state index in [0.29, 0.717) is 11.4 Å². The molecule has 0 aliphatic carbocycles. The van der Waals surface area contributed by atoms with Crippen LogP contribution in [0, 0.1) is 0 Å². The van der Waals surface area contributed by atoms with Crippen LogP contribution >= 0.6 is 0 Å². The van der Waals surface area contributed by atoms with Crippen LogP contribution in [0.5, 0.6) is 0 Å². The monoisotopic (exact) mass is 402 g/mol. The van der Waals surface area contributed by atoms with E-state index in [1.807, 2.05) is 0 Å². The molecule has 3 aromatic rings. The van der Waals surface area contributed by atoms with E-state index < -0.39 is 23.8 Å². The van der Waals surface area contributed by atoms with E-state index in [1.165, 1.54) is 36.7 Å². The molecule has 1 aromatic carbocycles. The molecule has 148 valence electrons. The maximum Gasteiger partial charge on any atom is 0.336 e. The summed E-state index contributed by atoms with van der Waals surface area (Å²) in [6.07, 6.45) is 5.92. The molecule has 1 saturated heterocycles. The lowest BCUT2D eigenvalue weighted by Gasteiger charge is -2.26. The summed E-state index contributed by atoms with van der Waals surface area (Å²) in [6, 6.07) is 11.8. The predicted octanol–water partition coefficient (Wildman–Crippen LogP) is 2.24. The van der Waals surface area contributed by atoms with Crippen molar-refractivity contribution in [2.24, 2.45) is 0 Å². The highest BCUT2D eigenvalue weighted by atomic mass is 16.4. The second-order valence-electron chi connectivity index (χ2n) is 6.32. The zero-order valence-corrected chi connectivity index (χ0v) is 15.4. The first kappa shape index (κ1) is 18.8. The Morgan fingerprint density at radius 3 is 2.43 bits per heavy atom. The fourth-order valence-electron chi connectivity index (χ4n) is 3.04. The number of nitrogens with one attached hydrogen (secondary N) is 1. The smallest absolute Gasteiger partial charge is 0.336 e. The minimum Gasteiger partial charge on any atom is -0.478 e. The Morgan fingerprint density at radius 1 is 1.00 bits per heavy atom. The van der Waals surface area contributed by atoms with Gasteiger partial charge in [-0.25, -0.2) is 14.5 Å². The van der Waals surface area contributed by atoms with Gasteiger partial charge in [0.25, 0.3) is 11.8 Å². The number of benzene rings is 1. The molecule has 9 heteroatoms. The minimum atomic E-state index is -1.04. The number of hydrogen-bond acceptors (Lipinski definition) is 5. The van der Waals surface area contributed by atoms with Crippen molar-refractivity contribution in [3.05, 3.63) is 84.0 Å². The van der Waals surface area contributed by atoms with Gasteiger partial charge in [-0.1, -0.05) is 0 Å². The first-order valence-electron chi connectivity index (χ1n) is 8.78. The second kappa shape index (κ2) is 7.47. The summed E-state index contributed by atoms with van der Waals surface area (Å²) in [5.41, 5.74) is 1.29. The molecular formula is C21H14N4O5. The van der Waals surface area contributed by atoms with Gasteiger partial charge in [0.1, 0.15) is 5.57 Å². The van der Waals surface area contributed by atoms with Crippen LogP contribution in [0.4, 0.5) is 10.5 Å². The number of amides is 4. The summed E-state index contributed by atoms with van der Waals surface area (Å²) in [4.78, 5) is 53.2. The number of barbiturate groups is 1. The van der Waals surface area contributed by atoms with Crippen molar-refractivity contribution < 1.29 is 24.3 Å². The number of carbonyl (C=O) groups excluding carboxylic acids is 3. The summed E-state index contributed by atoms with van der Waals surface area (Å²) < 4.78 is 1.68. The van der Waals surface area contributed by atoms with Gasteiger partial charge in [0.05, 0.1) is 17.4 Å². The lowest BCUT2D eigenvalue weighted by Crippen LogP contribution is -2.54. The number of hydrogen-bond donors (Lipinski definition) is 2. The van der Waals surface area contributed by atoms with Gasteiger partial charge in [-0.15, -0.1) is 0 Å². The topological polar surface area (TPSA) is 122 Å². The third-order valence-electron chi connectivity index (χ3n) is 4.47. The van der Waals surface area contributed by atoms with Crippen LogP contribution in [-0.2, 0) is 9.59 Å². The number of urea groups is 1. The standard InChI is InChI=1S/C21H14N4O5/c26-18-17(19(27)25(21(30)23-18)16-3-1-9-22-12-16)11-15-4-2-10-24(15)14-7-5-13(6-8-14)20(28)29/h1-12H,(H,28,29)(H,23,26,30)/b17-11+. The normalized spacial score (nSPS) is 15.4. The average molecular weight is 402 g/mol. The summed E-state index contributed by atoms with van der Waals surface area (Å²) in [5.74, 6) is -2.62. The molecule has 4 rings (SSSR count). The van der Waals surface area contributed by atoms with E-state index in [2.05, 4.69) is 10.3 Å². The molecule has 9 nitrogen and oxygen atoms in total. The molecule has 4 amide bonds. The predicted molar refractivity (Wildman–Crippen MR) is 106 cm³/mol. The molecule has 1 aliphatic rings. The van der Waals surface area contributed by atoms with Crippen LogP contribution in [0.15, 0.2) is 72.7 Å². The van der Waals surface area contributed by atoms with Crippen LogP contribution in [0.1, 0.15) is 16.1 Å². The molecule has 1 fully saturated rings. The van der Waals surface area contributed by atoms with Gasteiger partial charge < -0.3 is 9.67 Å². The molecule has 0 radical (unpaired) electrons. The third kappa shape index (κ3) is 3.35. The molecule has 2 N–H and O–H groups in total. The molecule has 0 bridgehead atoms. The van der Waals surface area contributed by atoms with E-state index >= 15 is 0 Å². The Balaban J connectivity index is 1.72. The zero-order chi connectivity index (χ0) is 21.3. The van der Waals surface area contributed by atoms with E-state index in [1.54, 1.807) is 41.1 Å². The molecule has 0 saturated carbocycles. The maximum absolute atomic E-state index is 12.9. The first-order valence-corrected chi connectivity index (χ1v) is 8.78. The number of carbonyl (C=O) groups is 4. The van der Waals surface area contributed by atoms with Crippen LogP contribution in [0.2, 0.25) is 0 Å². The van der Waals surface area contributed by atoms with E-state index in [9.17, 15) is 19.2 Å². The lowest BCUT2D eigenvalue weighted by molar-refractivity contribution is -0.122. The Bertz CT molecular complexity index is 1200. The maximum atomic E-state index is 12.9. The average Bonchev–Trinajstić information content (AvgIpc) is 3.20. The zero-order valence-electron chi connectivity index (χ0n) is 15.4. The number of pyridine rings is 1. The fourth-order valence-corrected chi connectivity index (χ4v) is 3.04. The largest absolute Gasteiger partial charge is 0.478 e. The van der Waals surface area contributed by atoms with Crippen molar-refractivity contribution in [1.29, 1.82) is 0 Å². The van der Waals surface area contributed by atoms with Gasteiger partial charge in [-0.2, -0.15) is 0 Å². The highest BCUT2D eigenvalue weighted by Gasteiger charge is 2.37. The van der Waals surface area contributed by atoms with Gasteiger partial charge in [-0.3, -0.25) is 19.9 Å². The molecule has 2 aromatic heterocycles. The number of rotatable bonds is 4. The van der Waals surface area contributed by atoms with E-state index in [0.717, 1.165) is 4.90 Å². The van der Waals surface area contributed by atoms with Crippen LogP contribution in [-0.4, -0.2) is 38.5 Å². The molecule has 0 spiro atoms. The van der Waals surface area contributed by atoms with Gasteiger partial charge in [0.15, 0.2) is 0 Å². The Hall–Kier alpha value is -4.53. The highest BCUT2D eigenvalue weighted by Crippen LogP contribution is 2.22. The fraction of sp³-hybridized carbons (Fsp3) is 0. The Kier molecular flexibility index (Phi) is 4.69. The van der Waals surface area contributed by atoms with Gasteiger partial charge in [0, 0.05) is 23.8 Å². The van der Waals surface area contributed by atoms with Gasteiger partial charge >= 0.3 is 12.0 Å². The number of anilines is 1. The quantitative estimate of drug-likeness (QED) is 0.510. The van der Waals surface area contributed by atoms with Crippen molar-refractivity contribution >= 4 is 35.6 Å². The van der Waals surface area contributed by atoms with Crippen molar-refractivity contribution in [1.82, 2.24) is 14.9 Å². The SMILES string of the molecule is O=C1NC(=O)N(c2cccnc2)C(=O)/C1=C/c1cccn1-c1ccc(C(=O)O)cc1. The number of nitrogens with zero attached hydrogens (tertiary/aromatic N) is 3. The van der Waals surface area contributed by atoms with Gasteiger partial charge in [0.2, 0.25) is 0 Å². The van der Waals surface area contributed by atoms with E-state index in [4.69, 9.17) is 5.11 Å². The first-order chi connectivity index (χ1) is 14.5. The number of carboxylic acids is 1. The second-order valence-corrected chi connectivity index (χ2v) is 6.32. The third-order valence-corrected chi connectivity index (χ3v) is 4.47. The van der Waals surface area contributed by atoms with Crippen LogP contribution in [0.25, 0.3) is 11.8 Å². The van der Waals surface area contributed by atoms with Crippen LogP contribution in [0.3, 0.4) is 0 Å². The van der Waals surface area contributed by atoms with Crippen molar-refractivity contribution in [2.75, 3.05) is 4.90 Å². The number of aromatic carboxylic acids is 1. The van der Waals surface area contributed by atoms with E-state index in [-0.39, 0.29) is 16.8 Å². The van der Waals surface area contributed by atoms with Gasteiger partial charge in [-0.05, 0) is 54.6 Å². The number of aromatic nitrogens is 2. The van der Waals surface area contributed by atoms with Crippen molar-refractivity contribution in [2.45, 2.75) is 0 Å². The van der Waals surface area contributed by atoms with Crippen molar-refractivity contribution in [3.8, 4) is 5.69 Å².